The molecule has 1 saturated carbocycles. The van der Waals surface area contributed by atoms with Crippen LogP contribution in [0.4, 0.5) is 0 Å². The highest BCUT2D eigenvalue weighted by atomic mass is 14.9. The zero-order chi connectivity index (χ0) is 7.45. The molecule has 1 spiro atoms. The Labute approximate surface area is 64.2 Å². The van der Waals surface area contributed by atoms with E-state index in [-0.39, 0.29) is 0 Å². The fourth-order valence-electron chi connectivity index (χ4n) is 1.63. The van der Waals surface area contributed by atoms with Gasteiger partial charge in [-0.3, -0.25) is 0 Å². The van der Waals surface area contributed by atoms with Crippen LogP contribution in [0.25, 0.3) is 0 Å². The Bertz CT molecular complexity index is 86.9. The zero-order valence-electron chi connectivity index (χ0n) is 7.24. The van der Waals surface area contributed by atoms with Crippen molar-refractivity contribution in [3.05, 3.63) is 0 Å². The van der Waals surface area contributed by atoms with E-state index in [0.717, 1.165) is 5.41 Å². The van der Waals surface area contributed by atoms with Crippen molar-refractivity contribution in [2.75, 3.05) is 13.1 Å². The second kappa shape index (κ2) is 3.38. The maximum absolute atomic E-state index is 3.44. The molecule has 1 aliphatic carbocycles. The Hall–Kier alpha value is -0.0400. The van der Waals surface area contributed by atoms with Crippen molar-refractivity contribution in [3.63, 3.8) is 0 Å². The molecule has 0 unspecified atom stereocenters. The van der Waals surface area contributed by atoms with E-state index in [1.165, 1.54) is 38.8 Å². The second-order valence-corrected chi connectivity index (χ2v) is 3.28. The molecule has 1 heteroatoms. The van der Waals surface area contributed by atoms with Gasteiger partial charge in [0, 0.05) is 6.54 Å². The van der Waals surface area contributed by atoms with Gasteiger partial charge in [0.2, 0.25) is 0 Å². The van der Waals surface area contributed by atoms with Crippen molar-refractivity contribution in [2.45, 2.75) is 39.5 Å². The van der Waals surface area contributed by atoms with Crippen molar-refractivity contribution in [1.29, 1.82) is 0 Å². The molecule has 0 aromatic carbocycles. The molecule has 2 rings (SSSR count). The third-order valence-electron chi connectivity index (χ3n) is 2.52. The standard InChI is InChI=1S/C7H13N.C2H6/c1-2-7(3-4-7)6-8-5-1;1-2/h8H,1-6H2;1-2H3. The summed E-state index contributed by atoms with van der Waals surface area (Å²) < 4.78 is 0. The molecule has 0 aromatic rings. The van der Waals surface area contributed by atoms with Gasteiger partial charge in [-0.1, -0.05) is 13.8 Å². The third-order valence-corrected chi connectivity index (χ3v) is 2.52. The first-order chi connectivity index (χ1) is 4.91. The number of nitrogens with one attached hydrogen (secondary N) is 1. The van der Waals surface area contributed by atoms with Gasteiger partial charge in [-0.05, 0) is 37.6 Å². The van der Waals surface area contributed by atoms with Crippen LogP contribution < -0.4 is 5.32 Å². The summed E-state index contributed by atoms with van der Waals surface area (Å²) in [7, 11) is 0. The maximum atomic E-state index is 3.44. The molecule has 1 nitrogen and oxygen atoms in total. The van der Waals surface area contributed by atoms with Crippen LogP contribution in [0.2, 0.25) is 0 Å². The van der Waals surface area contributed by atoms with Crippen molar-refractivity contribution >= 4 is 0 Å². The lowest BCUT2D eigenvalue weighted by Crippen LogP contribution is -2.30. The molecule has 0 atom stereocenters. The molecular weight excluding hydrogens is 122 g/mol. The SMILES string of the molecule is C1CNCC2(C1)CC2.CC. The molecule has 0 aromatic heterocycles. The lowest BCUT2D eigenvalue weighted by Gasteiger charge is -2.21. The van der Waals surface area contributed by atoms with Gasteiger partial charge in [-0.25, -0.2) is 0 Å². The predicted octanol–water partition coefficient (Wildman–Crippen LogP) is 2.18. The van der Waals surface area contributed by atoms with Crippen molar-refractivity contribution in [1.82, 2.24) is 5.32 Å². The minimum atomic E-state index is 0.818. The van der Waals surface area contributed by atoms with Crippen LogP contribution in [0, 0.1) is 5.41 Å². The lowest BCUT2D eigenvalue weighted by molar-refractivity contribution is 0.358. The Morgan fingerprint density at radius 1 is 1.10 bits per heavy atom. The summed E-state index contributed by atoms with van der Waals surface area (Å²) in [6.07, 6.45) is 5.92. The highest BCUT2D eigenvalue weighted by molar-refractivity contribution is 4.96. The summed E-state index contributed by atoms with van der Waals surface area (Å²) in [6.45, 7) is 6.58. The number of rotatable bonds is 0. The molecular formula is C9H19N. The molecule has 1 saturated heterocycles. The summed E-state index contributed by atoms with van der Waals surface area (Å²) in [6, 6.07) is 0. The van der Waals surface area contributed by atoms with E-state index in [4.69, 9.17) is 0 Å². The second-order valence-electron chi connectivity index (χ2n) is 3.28. The Morgan fingerprint density at radius 3 is 2.10 bits per heavy atom. The van der Waals surface area contributed by atoms with Gasteiger partial charge >= 0.3 is 0 Å². The summed E-state index contributed by atoms with van der Waals surface area (Å²) >= 11 is 0. The Balaban J connectivity index is 0.000000231. The minimum absolute atomic E-state index is 0.818. The van der Waals surface area contributed by atoms with Gasteiger partial charge in [0.25, 0.3) is 0 Å². The number of hydrogen-bond acceptors (Lipinski definition) is 1. The van der Waals surface area contributed by atoms with Gasteiger partial charge in [0.1, 0.15) is 0 Å². The first-order valence-electron chi connectivity index (χ1n) is 4.62. The quantitative estimate of drug-likeness (QED) is 0.545. The first-order valence-corrected chi connectivity index (χ1v) is 4.62. The van der Waals surface area contributed by atoms with E-state index in [1.54, 1.807) is 0 Å². The van der Waals surface area contributed by atoms with Crippen LogP contribution in [0.3, 0.4) is 0 Å². The first kappa shape index (κ1) is 8.06. The average molecular weight is 141 g/mol. The summed E-state index contributed by atoms with van der Waals surface area (Å²) in [4.78, 5) is 0. The van der Waals surface area contributed by atoms with Crippen LogP contribution >= 0.6 is 0 Å². The van der Waals surface area contributed by atoms with Crippen LogP contribution in [0.15, 0.2) is 0 Å². The van der Waals surface area contributed by atoms with Gasteiger partial charge < -0.3 is 5.32 Å². The number of hydrogen-bond donors (Lipinski definition) is 1. The molecule has 1 N–H and O–H groups in total. The average Bonchev–Trinajstić information content (AvgIpc) is 2.75. The molecule has 0 bridgehead atoms. The van der Waals surface area contributed by atoms with Gasteiger partial charge in [0.05, 0.1) is 0 Å². The third kappa shape index (κ3) is 1.72. The van der Waals surface area contributed by atoms with Gasteiger partial charge in [-0.2, -0.15) is 0 Å². The van der Waals surface area contributed by atoms with Crippen LogP contribution in [0.1, 0.15) is 39.5 Å². The smallest absolute Gasteiger partial charge is 0.000782 e. The summed E-state index contributed by atoms with van der Waals surface area (Å²) in [5.74, 6) is 0. The van der Waals surface area contributed by atoms with E-state index < -0.39 is 0 Å². The molecule has 2 aliphatic rings. The molecule has 2 fully saturated rings. The molecule has 0 radical (unpaired) electrons. The lowest BCUT2D eigenvalue weighted by atomic mass is 9.97. The van der Waals surface area contributed by atoms with Crippen LogP contribution in [-0.4, -0.2) is 13.1 Å². The summed E-state index contributed by atoms with van der Waals surface area (Å²) in [5, 5.41) is 3.44. The minimum Gasteiger partial charge on any atom is -0.316 e. The highest BCUT2D eigenvalue weighted by Crippen LogP contribution is 2.49. The fraction of sp³-hybridized carbons (Fsp3) is 1.00. The normalized spacial score (nSPS) is 27.0. The molecule has 60 valence electrons. The molecule has 1 aliphatic heterocycles. The van der Waals surface area contributed by atoms with Crippen LogP contribution in [0.5, 0.6) is 0 Å². The van der Waals surface area contributed by atoms with Crippen molar-refractivity contribution < 1.29 is 0 Å². The van der Waals surface area contributed by atoms with Crippen LogP contribution in [-0.2, 0) is 0 Å². The van der Waals surface area contributed by atoms with Crippen molar-refractivity contribution in [3.8, 4) is 0 Å². The van der Waals surface area contributed by atoms with Crippen molar-refractivity contribution in [2.24, 2.45) is 5.41 Å². The predicted molar refractivity (Wildman–Crippen MR) is 45.1 cm³/mol. The maximum Gasteiger partial charge on any atom is 0.000782 e. The molecule has 0 amide bonds. The van der Waals surface area contributed by atoms with Gasteiger partial charge in [-0.15, -0.1) is 0 Å². The topological polar surface area (TPSA) is 12.0 Å². The zero-order valence-corrected chi connectivity index (χ0v) is 7.24. The van der Waals surface area contributed by atoms with E-state index in [1.807, 2.05) is 13.8 Å². The van der Waals surface area contributed by atoms with E-state index >= 15 is 0 Å². The molecule has 1 heterocycles. The summed E-state index contributed by atoms with van der Waals surface area (Å²) in [5.41, 5.74) is 0.818. The highest BCUT2D eigenvalue weighted by Gasteiger charge is 2.42. The fourth-order valence-corrected chi connectivity index (χ4v) is 1.63. The van der Waals surface area contributed by atoms with Gasteiger partial charge in [0.15, 0.2) is 0 Å². The van der Waals surface area contributed by atoms with E-state index in [0.29, 0.717) is 0 Å². The largest absolute Gasteiger partial charge is 0.316 e. The van der Waals surface area contributed by atoms with E-state index in [9.17, 15) is 0 Å². The number of piperidine rings is 1. The van der Waals surface area contributed by atoms with E-state index in [2.05, 4.69) is 5.32 Å². The Morgan fingerprint density at radius 2 is 1.80 bits per heavy atom. The Kier molecular flexibility index (Phi) is 2.72. The molecule has 10 heavy (non-hydrogen) atoms. The monoisotopic (exact) mass is 141 g/mol.